The monoisotopic (exact) mass is 546 g/mol. The van der Waals surface area contributed by atoms with Gasteiger partial charge in [-0.1, -0.05) is 19.1 Å². The van der Waals surface area contributed by atoms with Crippen LogP contribution in [0, 0.1) is 6.92 Å². The van der Waals surface area contributed by atoms with Crippen LogP contribution >= 0.6 is 35.3 Å². The van der Waals surface area contributed by atoms with Gasteiger partial charge in [0.05, 0.1) is 18.2 Å². The van der Waals surface area contributed by atoms with E-state index < -0.39 is 0 Å². The number of ether oxygens (including phenoxy) is 2. The number of nitrogens with one attached hydrogen (secondary N) is 2. The normalized spacial score (nSPS) is 11.1. The van der Waals surface area contributed by atoms with Crippen molar-refractivity contribution in [1.29, 1.82) is 0 Å². The van der Waals surface area contributed by atoms with E-state index in [1.165, 1.54) is 10.4 Å². The van der Waals surface area contributed by atoms with Gasteiger partial charge in [0, 0.05) is 56.3 Å². The SMILES string of the molecule is CCNC(=NCc1ccc(C)cc1OCCCOC)NCCc1ncc(CC)s1.I. The molecule has 0 spiro atoms. The Labute approximate surface area is 201 Å². The maximum atomic E-state index is 5.97. The Morgan fingerprint density at radius 1 is 1.20 bits per heavy atom. The van der Waals surface area contributed by atoms with Gasteiger partial charge < -0.3 is 20.1 Å². The second-order valence-corrected chi connectivity index (χ2v) is 7.95. The first-order valence-electron chi connectivity index (χ1n) is 10.3. The van der Waals surface area contributed by atoms with E-state index in [0.717, 1.165) is 54.6 Å². The maximum absolute atomic E-state index is 5.97. The zero-order chi connectivity index (χ0) is 20.9. The molecule has 1 heterocycles. The van der Waals surface area contributed by atoms with Crippen LogP contribution in [0.1, 0.15) is 41.3 Å². The summed E-state index contributed by atoms with van der Waals surface area (Å²) in [5.41, 5.74) is 2.26. The first-order valence-corrected chi connectivity index (χ1v) is 11.1. The second-order valence-electron chi connectivity index (χ2n) is 6.75. The molecule has 0 fully saturated rings. The quantitative estimate of drug-likeness (QED) is 0.180. The number of guanidine groups is 1. The van der Waals surface area contributed by atoms with Gasteiger partial charge in [0.1, 0.15) is 5.75 Å². The Morgan fingerprint density at radius 2 is 2.03 bits per heavy atom. The average Bonchev–Trinajstić information content (AvgIpc) is 3.18. The Hall–Kier alpha value is -1.39. The second kappa shape index (κ2) is 15.4. The minimum absolute atomic E-state index is 0. The van der Waals surface area contributed by atoms with Crippen molar-refractivity contribution >= 4 is 41.3 Å². The highest BCUT2D eigenvalue weighted by molar-refractivity contribution is 14.0. The van der Waals surface area contributed by atoms with Gasteiger partial charge in [-0.25, -0.2) is 9.98 Å². The summed E-state index contributed by atoms with van der Waals surface area (Å²) in [4.78, 5) is 10.6. The van der Waals surface area contributed by atoms with E-state index in [2.05, 4.69) is 54.6 Å². The molecule has 0 aliphatic rings. The van der Waals surface area contributed by atoms with E-state index >= 15 is 0 Å². The first kappa shape index (κ1) is 26.6. The van der Waals surface area contributed by atoms with Crippen molar-refractivity contribution in [3.63, 3.8) is 0 Å². The van der Waals surface area contributed by atoms with Crippen LogP contribution in [0.4, 0.5) is 0 Å². The summed E-state index contributed by atoms with van der Waals surface area (Å²) in [5, 5.41) is 7.88. The van der Waals surface area contributed by atoms with E-state index in [1.54, 1.807) is 18.4 Å². The number of halogens is 1. The van der Waals surface area contributed by atoms with Gasteiger partial charge in [-0.3, -0.25) is 0 Å². The van der Waals surface area contributed by atoms with E-state index in [-0.39, 0.29) is 24.0 Å². The molecule has 2 N–H and O–H groups in total. The summed E-state index contributed by atoms with van der Waals surface area (Å²) >= 11 is 1.79. The number of hydrogen-bond donors (Lipinski definition) is 2. The van der Waals surface area contributed by atoms with Gasteiger partial charge >= 0.3 is 0 Å². The largest absolute Gasteiger partial charge is 0.493 e. The summed E-state index contributed by atoms with van der Waals surface area (Å²) in [6.07, 6.45) is 4.79. The zero-order valence-electron chi connectivity index (χ0n) is 18.5. The standard InChI is InChI=1S/C22H34N4O2S.HI/c1-5-19-16-25-21(29-19)10-11-24-22(23-6-2)26-15-18-9-8-17(3)14-20(18)28-13-7-12-27-4;/h8-9,14,16H,5-7,10-13,15H2,1-4H3,(H2,23,24,26);1H. The van der Waals surface area contributed by atoms with Crippen molar-refractivity contribution in [2.75, 3.05) is 33.4 Å². The molecule has 2 aromatic rings. The highest BCUT2D eigenvalue weighted by Gasteiger charge is 2.06. The molecular weight excluding hydrogens is 511 g/mol. The van der Waals surface area contributed by atoms with E-state index in [9.17, 15) is 0 Å². The molecule has 0 amide bonds. The van der Waals surface area contributed by atoms with Crippen LogP contribution in [-0.2, 0) is 24.1 Å². The summed E-state index contributed by atoms with van der Waals surface area (Å²) in [6.45, 7) is 9.82. The van der Waals surface area contributed by atoms with Crippen LogP contribution < -0.4 is 15.4 Å². The van der Waals surface area contributed by atoms with Gasteiger partial charge in [0.25, 0.3) is 0 Å². The van der Waals surface area contributed by atoms with Crippen molar-refractivity contribution in [3.05, 3.63) is 45.4 Å². The molecule has 0 bridgehead atoms. The molecule has 0 aliphatic carbocycles. The van der Waals surface area contributed by atoms with Crippen molar-refractivity contribution in [1.82, 2.24) is 15.6 Å². The summed E-state index contributed by atoms with van der Waals surface area (Å²) in [5.74, 6) is 1.71. The third kappa shape index (κ3) is 9.61. The fourth-order valence-corrected chi connectivity index (χ4v) is 3.59. The van der Waals surface area contributed by atoms with E-state index in [1.807, 2.05) is 6.20 Å². The lowest BCUT2D eigenvalue weighted by Crippen LogP contribution is -2.38. The van der Waals surface area contributed by atoms with Crippen LogP contribution in [-0.4, -0.2) is 44.4 Å². The lowest BCUT2D eigenvalue weighted by Gasteiger charge is -2.13. The summed E-state index contributed by atoms with van der Waals surface area (Å²) < 4.78 is 11.1. The molecule has 0 aliphatic heterocycles. The third-order valence-corrected chi connectivity index (χ3v) is 5.51. The average molecular weight is 547 g/mol. The topological polar surface area (TPSA) is 67.8 Å². The number of nitrogens with zero attached hydrogens (tertiary/aromatic N) is 2. The van der Waals surface area contributed by atoms with Crippen molar-refractivity contribution < 1.29 is 9.47 Å². The summed E-state index contributed by atoms with van der Waals surface area (Å²) in [6, 6.07) is 6.27. The van der Waals surface area contributed by atoms with Gasteiger partial charge in [0.15, 0.2) is 5.96 Å². The zero-order valence-corrected chi connectivity index (χ0v) is 21.6. The molecule has 6 nitrogen and oxygen atoms in total. The maximum Gasteiger partial charge on any atom is 0.191 e. The van der Waals surface area contributed by atoms with Crippen LogP contribution in [0.5, 0.6) is 5.75 Å². The highest BCUT2D eigenvalue weighted by atomic mass is 127. The van der Waals surface area contributed by atoms with Crippen molar-refractivity contribution in [3.8, 4) is 5.75 Å². The van der Waals surface area contributed by atoms with E-state index in [4.69, 9.17) is 14.5 Å². The molecular formula is C22H35IN4O2S. The smallest absolute Gasteiger partial charge is 0.191 e. The van der Waals surface area contributed by atoms with Crippen LogP contribution in [0.3, 0.4) is 0 Å². The minimum Gasteiger partial charge on any atom is -0.493 e. The molecule has 2 rings (SSSR count). The Balaban J connectivity index is 0.00000450. The number of aryl methyl sites for hydroxylation is 2. The fraction of sp³-hybridized carbons (Fsp3) is 0.545. The first-order chi connectivity index (χ1) is 14.2. The molecule has 0 saturated carbocycles. The van der Waals surface area contributed by atoms with Gasteiger partial charge in [-0.15, -0.1) is 35.3 Å². The highest BCUT2D eigenvalue weighted by Crippen LogP contribution is 2.21. The number of benzene rings is 1. The predicted octanol–water partition coefficient (Wildman–Crippen LogP) is 4.35. The fourth-order valence-electron chi connectivity index (χ4n) is 2.73. The van der Waals surface area contributed by atoms with Gasteiger partial charge in [0.2, 0.25) is 0 Å². The molecule has 168 valence electrons. The van der Waals surface area contributed by atoms with Crippen LogP contribution in [0.2, 0.25) is 0 Å². The number of hydrogen-bond acceptors (Lipinski definition) is 5. The number of aromatic nitrogens is 1. The molecule has 0 atom stereocenters. The summed E-state index contributed by atoms with van der Waals surface area (Å²) in [7, 11) is 1.71. The number of rotatable bonds is 12. The molecule has 30 heavy (non-hydrogen) atoms. The van der Waals surface area contributed by atoms with Gasteiger partial charge in [-0.05, 0) is 31.9 Å². The number of methoxy groups -OCH3 is 1. The molecule has 1 aromatic carbocycles. The predicted molar refractivity (Wildman–Crippen MR) is 137 cm³/mol. The van der Waals surface area contributed by atoms with Crippen LogP contribution in [0.25, 0.3) is 0 Å². The molecule has 0 saturated heterocycles. The Morgan fingerprint density at radius 3 is 2.73 bits per heavy atom. The molecule has 0 unspecified atom stereocenters. The number of thiazole rings is 1. The molecule has 1 aromatic heterocycles. The lowest BCUT2D eigenvalue weighted by atomic mass is 10.1. The van der Waals surface area contributed by atoms with Crippen molar-refractivity contribution in [2.45, 2.75) is 46.6 Å². The van der Waals surface area contributed by atoms with Crippen molar-refractivity contribution in [2.24, 2.45) is 4.99 Å². The lowest BCUT2D eigenvalue weighted by molar-refractivity contribution is 0.172. The minimum atomic E-state index is 0. The molecule has 0 radical (unpaired) electrons. The Kier molecular flexibility index (Phi) is 13.7. The number of aliphatic imine (C=N–C) groups is 1. The Bertz CT molecular complexity index is 767. The van der Waals surface area contributed by atoms with Crippen LogP contribution in [0.15, 0.2) is 29.4 Å². The molecule has 8 heteroatoms. The van der Waals surface area contributed by atoms with Gasteiger partial charge in [-0.2, -0.15) is 0 Å². The van der Waals surface area contributed by atoms with E-state index in [0.29, 0.717) is 19.8 Å². The third-order valence-electron chi connectivity index (χ3n) is 4.31.